The van der Waals surface area contributed by atoms with E-state index in [0.717, 1.165) is 11.3 Å². The molecule has 1 rings (SSSR count). The van der Waals surface area contributed by atoms with E-state index in [1.807, 2.05) is 6.07 Å². The van der Waals surface area contributed by atoms with Crippen molar-refractivity contribution in [1.29, 1.82) is 0 Å². The van der Waals surface area contributed by atoms with Gasteiger partial charge in [-0.05, 0) is 24.5 Å². The molecule has 5 nitrogen and oxygen atoms in total. The van der Waals surface area contributed by atoms with Crippen LogP contribution in [0.25, 0.3) is 0 Å². The Balaban J connectivity index is 2.22. The summed E-state index contributed by atoms with van der Waals surface area (Å²) in [6.07, 6.45) is 1.06. The molecule has 1 unspecified atom stereocenters. The van der Waals surface area contributed by atoms with Crippen LogP contribution in [0.4, 0.5) is 4.79 Å². The zero-order valence-electron chi connectivity index (χ0n) is 11.2. The lowest BCUT2D eigenvalue weighted by atomic mass is 10.1. The quantitative estimate of drug-likeness (QED) is 0.718. The molecule has 6 heteroatoms. The molecule has 1 aromatic rings. The molecule has 19 heavy (non-hydrogen) atoms. The Morgan fingerprint density at radius 1 is 1.32 bits per heavy atom. The van der Waals surface area contributed by atoms with Crippen molar-refractivity contribution in [2.75, 3.05) is 6.54 Å². The van der Waals surface area contributed by atoms with Crippen LogP contribution in [0.1, 0.15) is 30.0 Å². The van der Waals surface area contributed by atoms with E-state index in [4.69, 9.17) is 5.11 Å². The molecule has 0 radical (unpaired) electrons. The first-order valence-corrected chi connectivity index (χ1v) is 7.14. The highest BCUT2D eigenvalue weighted by Gasteiger charge is 2.09. The smallest absolute Gasteiger partial charge is 0.315 e. The molecule has 1 aromatic heterocycles. The monoisotopic (exact) mass is 284 g/mol. The Hall–Kier alpha value is -1.56. The number of aryl methyl sites for hydroxylation is 1. The van der Waals surface area contributed by atoms with E-state index in [1.54, 1.807) is 18.3 Å². The summed E-state index contributed by atoms with van der Waals surface area (Å²) >= 11 is 1.69. The Labute approximate surface area is 117 Å². The lowest BCUT2D eigenvalue weighted by Crippen LogP contribution is -2.37. The second kappa shape index (κ2) is 7.78. The summed E-state index contributed by atoms with van der Waals surface area (Å²) in [6.45, 7) is 4.76. The highest BCUT2D eigenvalue weighted by Crippen LogP contribution is 2.16. The molecule has 0 aliphatic rings. The van der Waals surface area contributed by atoms with Gasteiger partial charge in [0.2, 0.25) is 0 Å². The Morgan fingerprint density at radius 2 is 2.00 bits per heavy atom. The SMILES string of the molecule is CCc1ccc(CNC(=O)NCC(C)CC(=O)O)s1. The molecule has 0 spiro atoms. The molecule has 0 aliphatic heterocycles. The zero-order valence-corrected chi connectivity index (χ0v) is 12.0. The van der Waals surface area contributed by atoms with E-state index in [9.17, 15) is 9.59 Å². The largest absolute Gasteiger partial charge is 0.481 e. The fourth-order valence-corrected chi connectivity index (χ4v) is 2.47. The van der Waals surface area contributed by atoms with E-state index >= 15 is 0 Å². The average molecular weight is 284 g/mol. The number of aliphatic carboxylic acids is 1. The van der Waals surface area contributed by atoms with Crippen molar-refractivity contribution in [3.63, 3.8) is 0 Å². The van der Waals surface area contributed by atoms with Crippen LogP contribution in [0, 0.1) is 5.92 Å². The normalized spacial score (nSPS) is 11.9. The fourth-order valence-electron chi connectivity index (χ4n) is 1.57. The first-order chi connectivity index (χ1) is 9.01. The van der Waals surface area contributed by atoms with Crippen LogP contribution >= 0.6 is 11.3 Å². The molecular formula is C13H20N2O3S. The molecule has 0 saturated carbocycles. The highest BCUT2D eigenvalue weighted by atomic mass is 32.1. The lowest BCUT2D eigenvalue weighted by Gasteiger charge is -2.10. The third kappa shape index (κ3) is 6.24. The number of urea groups is 1. The van der Waals surface area contributed by atoms with Crippen molar-refractivity contribution in [2.45, 2.75) is 33.2 Å². The second-order valence-electron chi connectivity index (χ2n) is 4.49. The van der Waals surface area contributed by atoms with Gasteiger partial charge in [0.1, 0.15) is 0 Å². The minimum absolute atomic E-state index is 0.0606. The summed E-state index contributed by atoms with van der Waals surface area (Å²) in [5.41, 5.74) is 0. The van der Waals surface area contributed by atoms with Gasteiger partial charge in [0.25, 0.3) is 0 Å². The maximum absolute atomic E-state index is 11.5. The molecule has 0 bridgehead atoms. The van der Waals surface area contributed by atoms with Crippen molar-refractivity contribution in [3.05, 3.63) is 21.9 Å². The maximum Gasteiger partial charge on any atom is 0.315 e. The van der Waals surface area contributed by atoms with Gasteiger partial charge in [-0.25, -0.2) is 4.79 Å². The summed E-state index contributed by atoms with van der Waals surface area (Å²) in [7, 11) is 0. The molecule has 0 fully saturated rings. The number of rotatable bonds is 7. The van der Waals surface area contributed by atoms with Crippen molar-refractivity contribution < 1.29 is 14.7 Å². The minimum atomic E-state index is -0.847. The third-order valence-corrected chi connectivity index (χ3v) is 3.85. The molecule has 0 saturated heterocycles. The third-order valence-electron chi connectivity index (χ3n) is 2.62. The van der Waals surface area contributed by atoms with Crippen LogP contribution in [0.15, 0.2) is 12.1 Å². The van der Waals surface area contributed by atoms with Crippen LogP contribution in [-0.2, 0) is 17.8 Å². The predicted octanol–water partition coefficient (Wildman–Crippen LogP) is 2.22. The average Bonchev–Trinajstić information content (AvgIpc) is 2.81. The van der Waals surface area contributed by atoms with Gasteiger partial charge in [0, 0.05) is 22.7 Å². The second-order valence-corrected chi connectivity index (χ2v) is 5.74. The van der Waals surface area contributed by atoms with Gasteiger partial charge in [-0.2, -0.15) is 0 Å². The molecule has 0 aromatic carbocycles. The molecule has 1 heterocycles. The summed E-state index contributed by atoms with van der Waals surface area (Å²) in [5.74, 6) is -0.919. The van der Waals surface area contributed by atoms with Gasteiger partial charge < -0.3 is 15.7 Å². The standard InChI is InChI=1S/C13H20N2O3S/c1-3-10-4-5-11(19-10)8-15-13(18)14-7-9(2)6-12(16)17/h4-5,9H,3,6-8H2,1-2H3,(H,16,17)(H2,14,15,18). The van der Waals surface area contributed by atoms with Crippen molar-refractivity contribution in [3.8, 4) is 0 Å². The summed E-state index contributed by atoms with van der Waals surface area (Å²) in [5, 5.41) is 14.0. The van der Waals surface area contributed by atoms with E-state index in [0.29, 0.717) is 13.1 Å². The molecule has 106 valence electrons. The fraction of sp³-hybridized carbons (Fsp3) is 0.538. The Kier molecular flexibility index (Phi) is 6.35. The maximum atomic E-state index is 11.5. The van der Waals surface area contributed by atoms with Gasteiger partial charge in [-0.1, -0.05) is 13.8 Å². The van der Waals surface area contributed by atoms with Crippen LogP contribution < -0.4 is 10.6 Å². The van der Waals surface area contributed by atoms with Crippen LogP contribution in [-0.4, -0.2) is 23.7 Å². The number of nitrogens with one attached hydrogen (secondary N) is 2. The first-order valence-electron chi connectivity index (χ1n) is 6.32. The molecule has 3 N–H and O–H groups in total. The number of thiophene rings is 1. The summed E-state index contributed by atoms with van der Waals surface area (Å²) < 4.78 is 0. The number of carboxylic acids is 1. The highest BCUT2D eigenvalue weighted by molar-refractivity contribution is 7.11. The van der Waals surface area contributed by atoms with Gasteiger partial charge in [0.15, 0.2) is 0 Å². The lowest BCUT2D eigenvalue weighted by molar-refractivity contribution is -0.137. The van der Waals surface area contributed by atoms with E-state index in [1.165, 1.54) is 4.88 Å². The molecular weight excluding hydrogens is 264 g/mol. The van der Waals surface area contributed by atoms with Gasteiger partial charge in [-0.3, -0.25) is 4.79 Å². The van der Waals surface area contributed by atoms with Crippen molar-refractivity contribution in [2.24, 2.45) is 5.92 Å². The van der Waals surface area contributed by atoms with Crippen molar-refractivity contribution >= 4 is 23.3 Å². The topological polar surface area (TPSA) is 78.4 Å². The molecule has 0 aliphatic carbocycles. The zero-order chi connectivity index (χ0) is 14.3. The number of carbonyl (C=O) groups excluding carboxylic acids is 1. The minimum Gasteiger partial charge on any atom is -0.481 e. The van der Waals surface area contributed by atoms with Gasteiger partial charge in [-0.15, -0.1) is 11.3 Å². The number of carbonyl (C=O) groups is 2. The molecule has 2 amide bonds. The summed E-state index contributed by atoms with van der Waals surface area (Å²) in [6, 6.07) is 3.81. The van der Waals surface area contributed by atoms with Gasteiger partial charge in [0.05, 0.1) is 6.54 Å². The Bertz CT molecular complexity index is 431. The number of carboxylic acid groups (broad SMARTS) is 1. The Morgan fingerprint density at radius 3 is 2.58 bits per heavy atom. The number of amides is 2. The number of hydrogen-bond donors (Lipinski definition) is 3. The van der Waals surface area contributed by atoms with E-state index in [-0.39, 0.29) is 18.4 Å². The van der Waals surface area contributed by atoms with Crippen molar-refractivity contribution in [1.82, 2.24) is 10.6 Å². The first kappa shape index (κ1) is 15.5. The summed E-state index contributed by atoms with van der Waals surface area (Å²) in [4.78, 5) is 24.4. The van der Waals surface area contributed by atoms with E-state index in [2.05, 4.69) is 23.6 Å². The predicted molar refractivity (Wildman–Crippen MR) is 75.4 cm³/mol. The van der Waals surface area contributed by atoms with Crippen LogP contribution in [0.3, 0.4) is 0 Å². The van der Waals surface area contributed by atoms with Crippen LogP contribution in [0.2, 0.25) is 0 Å². The number of hydrogen-bond acceptors (Lipinski definition) is 3. The van der Waals surface area contributed by atoms with Gasteiger partial charge >= 0.3 is 12.0 Å². The van der Waals surface area contributed by atoms with Crippen LogP contribution in [0.5, 0.6) is 0 Å². The molecule has 1 atom stereocenters. The van der Waals surface area contributed by atoms with E-state index < -0.39 is 5.97 Å².